The van der Waals surface area contributed by atoms with Gasteiger partial charge in [-0.05, 0) is 18.6 Å². The van der Waals surface area contributed by atoms with Gasteiger partial charge in [0.05, 0.1) is 11.6 Å². The molecule has 1 heterocycles. The Labute approximate surface area is 117 Å². The molecule has 2 rings (SSSR count). The first-order chi connectivity index (χ1) is 9.65. The van der Waals surface area contributed by atoms with E-state index in [0.717, 1.165) is 12.8 Å². The second kappa shape index (κ2) is 6.02. The molecule has 20 heavy (non-hydrogen) atoms. The predicted molar refractivity (Wildman–Crippen MR) is 74.2 cm³/mol. The second-order valence-corrected chi connectivity index (χ2v) is 4.50. The van der Waals surface area contributed by atoms with E-state index in [-0.39, 0.29) is 5.56 Å². The monoisotopic (exact) mass is 269 g/mol. The summed E-state index contributed by atoms with van der Waals surface area (Å²) in [5.74, 6) is -0.993. The van der Waals surface area contributed by atoms with Gasteiger partial charge in [0.1, 0.15) is 11.3 Å². The molecule has 1 aromatic carbocycles. The quantitative estimate of drug-likeness (QED) is 0.905. The van der Waals surface area contributed by atoms with Gasteiger partial charge in [0.15, 0.2) is 0 Å². The number of benzene rings is 1. The first kappa shape index (κ1) is 13.8. The Morgan fingerprint density at radius 3 is 2.65 bits per heavy atom. The Balaban J connectivity index is 2.40. The van der Waals surface area contributed by atoms with Crippen LogP contribution in [0.15, 0.2) is 30.5 Å². The number of carboxylic acid groups (broad SMARTS) is 1. The fourth-order valence-electron chi connectivity index (χ4n) is 1.93. The molecule has 0 bridgehead atoms. The Morgan fingerprint density at radius 2 is 2.10 bits per heavy atom. The van der Waals surface area contributed by atoms with E-state index in [1.165, 1.54) is 0 Å². The predicted octanol–water partition coefficient (Wildman–Crippen LogP) is 2.92. The highest BCUT2D eigenvalue weighted by molar-refractivity contribution is 5.94. The van der Waals surface area contributed by atoms with Crippen molar-refractivity contribution in [2.45, 2.75) is 26.3 Å². The zero-order valence-electron chi connectivity index (χ0n) is 11.2. The molecule has 5 heteroatoms. The number of unbranched alkanes of at least 4 members (excludes halogenated alkanes) is 1. The fourth-order valence-corrected chi connectivity index (χ4v) is 1.93. The molecule has 0 radical (unpaired) electrons. The highest BCUT2D eigenvalue weighted by Crippen LogP contribution is 2.22. The van der Waals surface area contributed by atoms with E-state index in [9.17, 15) is 9.90 Å². The van der Waals surface area contributed by atoms with Crippen molar-refractivity contribution >= 4 is 5.97 Å². The lowest BCUT2D eigenvalue weighted by Gasteiger charge is -1.99. The average Bonchev–Trinajstić information content (AvgIpc) is 2.89. The zero-order chi connectivity index (χ0) is 14.5. The molecule has 2 aromatic rings. The van der Waals surface area contributed by atoms with Crippen LogP contribution in [0.5, 0.6) is 0 Å². The molecule has 0 unspecified atom stereocenters. The van der Waals surface area contributed by atoms with E-state index in [2.05, 4.69) is 12.0 Å². The molecule has 1 N–H and O–H groups in total. The minimum absolute atomic E-state index is 0.186. The lowest BCUT2D eigenvalue weighted by Crippen LogP contribution is -1.98. The van der Waals surface area contributed by atoms with Crippen molar-refractivity contribution in [3.63, 3.8) is 0 Å². The van der Waals surface area contributed by atoms with E-state index >= 15 is 0 Å². The summed E-state index contributed by atoms with van der Waals surface area (Å²) >= 11 is 0. The largest absolute Gasteiger partial charge is 0.478 e. The van der Waals surface area contributed by atoms with E-state index in [0.29, 0.717) is 23.4 Å². The maximum atomic E-state index is 11.3. The van der Waals surface area contributed by atoms with Gasteiger partial charge in [0.2, 0.25) is 0 Å². The molecule has 5 nitrogen and oxygen atoms in total. The first-order valence-corrected chi connectivity index (χ1v) is 6.47. The Morgan fingerprint density at radius 1 is 1.40 bits per heavy atom. The molecule has 0 amide bonds. The minimum Gasteiger partial charge on any atom is -0.478 e. The number of carbonyl (C=O) groups is 1. The topological polar surface area (TPSA) is 78.9 Å². The maximum Gasteiger partial charge on any atom is 0.339 e. The SMILES string of the molecule is CCCCn1cc(C(=O)O)c(-c2ccc(C#N)cc2)n1. The number of hydrogen-bond donors (Lipinski definition) is 1. The van der Waals surface area contributed by atoms with Crippen LogP contribution in [0, 0.1) is 11.3 Å². The minimum atomic E-state index is -0.993. The van der Waals surface area contributed by atoms with E-state index < -0.39 is 5.97 Å². The standard InChI is InChI=1S/C15H15N3O2/c1-2-3-8-18-10-13(15(19)20)14(17-18)12-6-4-11(9-16)5-7-12/h4-7,10H,2-3,8H2,1H3,(H,19,20). The maximum absolute atomic E-state index is 11.3. The second-order valence-electron chi connectivity index (χ2n) is 4.50. The number of aryl methyl sites for hydroxylation is 1. The Kier molecular flexibility index (Phi) is 4.16. The molecule has 0 aliphatic rings. The highest BCUT2D eigenvalue weighted by Gasteiger charge is 2.16. The van der Waals surface area contributed by atoms with Gasteiger partial charge < -0.3 is 5.11 Å². The number of nitrogens with zero attached hydrogens (tertiary/aromatic N) is 3. The van der Waals surface area contributed by atoms with Crippen LogP contribution in [0.3, 0.4) is 0 Å². The number of hydrogen-bond acceptors (Lipinski definition) is 3. The van der Waals surface area contributed by atoms with Crippen LogP contribution >= 0.6 is 0 Å². The lowest BCUT2D eigenvalue weighted by atomic mass is 10.1. The smallest absolute Gasteiger partial charge is 0.339 e. The highest BCUT2D eigenvalue weighted by atomic mass is 16.4. The third-order valence-electron chi connectivity index (χ3n) is 3.02. The molecule has 1 aromatic heterocycles. The normalized spacial score (nSPS) is 10.2. The number of nitriles is 1. The van der Waals surface area contributed by atoms with Gasteiger partial charge in [0, 0.05) is 18.3 Å². The molecule has 0 saturated carbocycles. The number of rotatable bonds is 5. The van der Waals surface area contributed by atoms with Gasteiger partial charge in [-0.2, -0.15) is 10.4 Å². The van der Waals surface area contributed by atoms with Crippen LogP contribution in [0.1, 0.15) is 35.7 Å². The van der Waals surface area contributed by atoms with Gasteiger partial charge in [-0.3, -0.25) is 4.68 Å². The molecule has 102 valence electrons. The summed E-state index contributed by atoms with van der Waals surface area (Å²) in [7, 11) is 0. The summed E-state index contributed by atoms with van der Waals surface area (Å²) in [6.45, 7) is 2.77. The third kappa shape index (κ3) is 2.86. The summed E-state index contributed by atoms with van der Waals surface area (Å²) in [6.07, 6.45) is 3.54. The molecule has 0 saturated heterocycles. The van der Waals surface area contributed by atoms with Gasteiger partial charge in [-0.25, -0.2) is 4.79 Å². The summed E-state index contributed by atoms with van der Waals surface area (Å²) in [5.41, 5.74) is 1.87. The summed E-state index contributed by atoms with van der Waals surface area (Å²) < 4.78 is 1.67. The van der Waals surface area contributed by atoms with Crippen molar-refractivity contribution in [1.82, 2.24) is 9.78 Å². The van der Waals surface area contributed by atoms with E-state index in [1.807, 2.05) is 6.07 Å². The Bertz CT molecular complexity index is 651. The van der Waals surface area contributed by atoms with E-state index in [4.69, 9.17) is 5.26 Å². The van der Waals surface area contributed by atoms with Crippen molar-refractivity contribution in [2.75, 3.05) is 0 Å². The lowest BCUT2D eigenvalue weighted by molar-refractivity contribution is 0.0697. The van der Waals surface area contributed by atoms with Crippen molar-refractivity contribution in [2.24, 2.45) is 0 Å². The fraction of sp³-hybridized carbons (Fsp3) is 0.267. The van der Waals surface area contributed by atoms with Crippen molar-refractivity contribution < 1.29 is 9.90 Å². The number of aromatic carboxylic acids is 1. The van der Waals surface area contributed by atoms with Crippen molar-refractivity contribution in [3.8, 4) is 17.3 Å². The molecule has 0 spiro atoms. The molecular formula is C15H15N3O2. The van der Waals surface area contributed by atoms with Gasteiger partial charge in [0.25, 0.3) is 0 Å². The van der Waals surface area contributed by atoms with Crippen LogP contribution in [-0.4, -0.2) is 20.9 Å². The molecule has 0 fully saturated rings. The van der Waals surface area contributed by atoms with Crippen LogP contribution in [-0.2, 0) is 6.54 Å². The summed E-state index contributed by atoms with van der Waals surface area (Å²) in [5, 5.41) is 22.4. The average molecular weight is 269 g/mol. The molecule has 0 aliphatic heterocycles. The summed E-state index contributed by atoms with van der Waals surface area (Å²) in [6, 6.07) is 8.79. The van der Waals surface area contributed by atoms with Gasteiger partial charge in [-0.15, -0.1) is 0 Å². The number of carboxylic acids is 1. The first-order valence-electron chi connectivity index (χ1n) is 6.47. The summed E-state index contributed by atoms with van der Waals surface area (Å²) in [4.78, 5) is 11.3. The van der Waals surface area contributed by atoms with Gasteiger partial charge in [-0.1, -0.05) is 25.5 Å². The molecular weight excluding hydrogens is 254 g/mol. The van der Waals surface area contributed by atoms with Crippen molar-refractivity contribution in [1.29, 1.82) is 5.26 Å². The van der Waals surface area contributed by atoms with Crippen LogP contribution in [0.4, 0.5) is 0 Å². The Hall–Kier alpha value is -2.61. The van der Waals surface area contributed by atoms with Crippen molar-refractivity contribution in [3.05, 3.63) is 41.6 Å². The zero-order valence-corrected chi connectivity index (χ0v) is 11.2. The molecule has 0 atom stereocenters. The third-order valence-corrected chi connectivity index (χ3v) is 3.02. The molecule has 0 aliphatic carbocycles. The van der Waals surface area contributed by atoms with Crippen LogP contribution in [0.25, 0.3) is 11.3 Å². The number of aromatic nitrogens is 2. The van der Waals surface area contributed by atoms with E-state index in [1.54, 1.807) is 35.1 Å². The van der Waals surface area contributed by atoms with Gasteiger partial charge >= 0.3 is 5.97 Å². The van der Waals surface area contributed by atoms with Crippen LogP contribution < -0.4 is 0 Å². The van der Waals surface area contributed by atoms with Crippen LogP contribution in [0.2, 0.25) is 0 Å².